The molecule has 1 aliphatic rings. The van der Waals surface area contributed by atoms with Gasteiger partial charge in [-0.15, -0.1) is 0 Å². The van der Waals surface area contributed by atoms with Crippen molar-refractivity contribution in [2.75, 3.05) is 31.1 Å². The monoisotopic (exact) mass is 369 g/mol. The molecule has 0 spiro atoms. The Morgan fingerprint density at radius 3 is 2.19 bits per heavy atom. The molecule has 2 aromatic carbocycles. The zero-order valence-corrected chi connectivity index (χ0v) is 14.9. The number of rotatable bonds is 4. The minimum absolute atomic E-state index is 0.186. The molecule has 0 bridgehead atoms. The summed E-state index contributed by atoms with van der Waals surface area (Å²) in [6.07, 6.45) is 0. The Morgan fingerprint density at radius 1 is 0.926 bits per heavy atom. The number of Topliss-reactive ketones (excluding diaryl/α,β-unsaturated/α-hetero) is 1. The Bertz CT molecular complexity index is 905. The molecule has 2 N–H and O–H groups in total. The highest BCUT2D eigenvalue weighted by atomic mass is 19.1. The lowest BCUT2D eigenvalue weighted by Gasteiger charge is -2.36. The van der Waals surface area contributed by atoms with Gasteiger partial charge >= 0.3 is 0 Å². The summed E-state index contributed by atoms with van der Waals surface area (Å²) in [7, 11) is 0. The Morgan fingerprint density at radius 2 is 1.59 bits per heavy atom. The minimum Gasteiger partial charge on any atom is -0.366 e. The Labute approximate surface area is 156 Å². The molecular weight excluding hydrogens is 349 g/mol. The normalized spacial score (nSPS) is 14.1. The highest BCUT2D eigenvalue weighted by Crippen LogP contribution is 2.23. The second-order valence-electron chi connectivity index (χ2n) is 6.45. The van der Waals surface area contributed by atoms with Crippen LogP contribution < -0.4 is 10.6 Å². The van der Waals surface area contributed by atoms with Crippen molar-refractivity contribution >= 4 is 23.3 Å². The van der Waals surface area contributed by atoms with Gasteiger partial charge in [0.15, 0.2) is 5.78 Å². The van der Waals surface area contributed by atoms with Crippen LogP contribution in [0.4, 0.5) is 10.1 Å². The van der Waals surface area contributed by atoms with E-state index in [0.29, 0.717) is 43.0 Å². The minimum atomic E-state index is -0.584. The van der Waals surface area contributed by atoms with E-state index in [4.69, 9.17) is 5.73 Å². The number of anilines is 1. The van der Waals surface area contributed by atoms with E-state index >= 15 is 0 Å². The number of hydrogen-bond donors (Lipinski definition) is 1. The van der Waals surface area contributed by atoms with Crippen LogP contribution in [0.3, 0.4) is 0 Å². The van der Waals surface area contributed by atoms with Gasteiger partial charge in [0.1, 0.15) is 5.82 Å². The van der Waals surface area contributed by atoms with Crippen molar-refractivity contribution in [3.8, 4) is 0 Å². The van der Waals surface area contributed by atoms with E-state index < -0.39 is 11.7 Å². The average Bonchev–Trinajstić information content (AvgIpc) is 2.67. The van der Waals surface area contributed by atoms with E-state index in [2.05, 4.69) is 0 Å². The van der Waals surface area contributed by atoms with Gasteiger partial charge in [-0.1, -0.05) is 6.07 Å². The number of nitrogens with zero attached hydrogens (tertiary/aromatic N) is 2. The van der Waals surface area contributed by atoms with E-state index in [1.807, 2.05) is 4.90 Å². The van der Waals surface area contributed by atoms with Crippen molar-refractivity contribution in [2.45, 2.75) is 6.92 Å². The highest BCUT2D eigenvalue weighted by molar-refractivity contribution is 5.99. The lowest BCUT2D eigenvalue weighted by molar-refractivity contribution is 0.0746. The first-order valence-corrected chi connectivity index (χ1v) is 8.61. The van der Waals surface area contributed by atoms with Crippen molar-refractivity contribution in [1.82, 2.24) is 4.90 Å². The van der Waals surface area contributed by atoms with E-state index in [1.165, 1.54) is 19.1 Å². The van der Waals surface area contributed by atoms with Gasteiger partial charge in [-0.3, -0.25) is 14.4 Å². The van der Waals surface area contributed by atoms with E-state index in [0.717, 1.165) is 0 Å². The van der Waals surface area contributed by atoms with Crippen molar-refractivity contribution in [3.05, 3.63) is 65.0 Å². The van der Waals surface area contributed by atoms with Crippen LogP contribution in [0.1, 0.15) is 38.0 Å². The van der Waals surface area contributed by atoms with E-state index in [1.54, 1.807) is 35.2 Å². The van der Waals surface area contributed by atoms with Crippen LogP contribution in [-0.2, 0) is 0 Å². The third kappa shape index (κ3) is 3.97. The maximum absolute atomic E-state index is 14.3. The van der Waals surface area contributed by atoms with Gasteiger partial charge in [0.2, 0.25) is 5.91 Å². The molecule has 3 rings (SSSR count). The van der Waals surface area contributed by atoms with Gasteiger partial charge in [-0.2, -0.15) is 0 Å². The first kappa shape index (κ1) is 18.6. The predicted molar refractivity (Wildman–Crippen MR) is 99.5 cm³/mol. The molecule has 0 aromatic heterocycles. The van der Waals surface area contributed by atoms with Crippen molar-refractivity contribution < 1.29 is 18.8 Å². The molecule has 27 heavy (non-hydrogen) atoms. The molecular formula is C20H20FN3O3. The van der Waals surface area contributed by atoms with Gasteiger partial charge in [0, 0.05) is 42.9 Å². The number of hydrogen-bond acceptors (Lipinski definition) is 4. The zero-order valence-electron chi connectivity index (χ0n) is 14.9. The van der Waals surface area contributed by atoms with Gasteiger partial charge < -0.3 is 15.5 Å². The van der Waals surface area contributed by atoms with Crippen molar-refractivity contribution in [2.24, 2.45) is 5.73 Å². The molecule has 1 heterocycles. The average molecular weight is 369 g/mol. The van der Waals surface area contributed by atoms with Crippen LogP contribution >= 0.6 is 0 Å². The van der Waals surface area contributed by atoms with Crippen molar-refractivity contribution in [1.29, 1.82) is 0 Å². The Kier molecular flexibility index (Phi) is 5.21. The molecule has 7 heteroatoms. The van der Waals surface area contributed by atoms with Crippen LogP contribution in [0.5, 0.6) is 0 Å². The molecule has 1 fully saturated rings. The summed E-state index contributed by atoms with van der Waals surface area (Å²) in [5.74, 6) is -1.41. The van der Waals surface area contributed by atoms with Gasteiger partial charge in [0.25, 0.3) is 5.91 Å². The number of carbonyl (C=O) groups is 3. The number of carbonyl (C=O) groups excluding carboxylic acids is 3. The molecule has 1 saturated heterocycles. The summed E-state index contributed by atoms with van der Waals surface area (Å²) in [4.78, 5) is 38.8. The Balaban J connectivity index is 1.68. The fraction of sp³-hybridized carbons (Fsp3) is 0.250. The first-order chi connectivity index (χ1) is 12.9. The van der Waals surface area contributed by atoms with Crippen LogP contribution in [0.25, 0.3) is 0 Å². The second-order valence-corrected chi connectivity index (χ2v) is 6.45. The molecule has 2 aromatic rings. The molecule has 0 aliphatic carbocycles. The maximum Gasteiger partial charge on any atom is 0.253 e. The van der Waals surface area contributed by atoms with Crippen molar-refractivity contribution in [3.63, 3.8) is 0 Å². The molecule has 6 nitrogen and oxygen atoms in total. The predicted octanol–water partition coefficient (Wildman–Crippen LogP) is 2.09. The number of nitrogens with two attached hydrogens (primary N) is 1. The molecule has 0 saturated carbocycles. The molecule has 1 aliphatic heterocycles. The second kappa shape index (κ2) is 7.57. The third-order valence-corrected chi connectivity index (χ3v) is 4.66. The lowest BCUT2D eigenvalue weighted by atomic mass is 10.1. The topological polar surface area (TPSA) is 83.7 Å². The summed E-state index contributed by atoms with van der Waals surface area (Å²) in [5.41, 5.74) is 6.70. The van der Waals surface area contributed by atoms with Crippen LogP contribution in [0, 0.1) is 5.82 Å². The van der Waals surface area contributed by atoms with Gasteiger partial charge in [0.05, 0.1) is 5.69 Å². The maximum atomic E-state index is 14.3. The fourth-order valence-electron chi connectivity index (χ4n) is 3.12. The first-order valence-electron chi connectivity index (χ1n) is 8.61. The number of piperazine rings is 1. The molecule has 0 atom stereocenters. The SMILES string of the molecule is CC(=O)c1ccc(N2CCN(C(=O)c3cccc(C(N)=O)c3)CC2)c(F)c1. The summed E-state index contributed by atoms with van der Waals surface area (Å²) >= 11 is 0. The molecule has 140 valence electrons. The zero-order chi connectivity index (χ0) is 19.6. The highest BCUT2D eigenvalue weighted by Gasteiger charge is 2.24. The van der Waals surface area contributed by atoms with E-state index in [-0.39, 0.29) is 17.3 Å². The van der Waals surface area contributed by atoms with Gasteiger partial charge in [-0.25, -0.2) is 4.39 Å². The van der Waals surface area contributed by atoms with Crippen LogP contribution in [0.2, 0.25) is 0 Å². The number of halogens is 1. The number of amides is 2. The number of benzene rings is 2. The Hall–Kier alpha value is -3.22. The lowest BCUT2D eigenvalue weighted by Crippen LogP contribution is -2.49. The van der Waals surface area contributed by atoms with Gasteiger partial charge in [-0.05, 0) is 43.3 Å². The summed E-state index contributed by atoms with van der Waals surface area (Å²) in [6, 6.07) is 10.7. The quantitative estimate of drug-likeness (QED) is 0.837. The fourth-order valence-corrected chi connectivity index (χ4v) is 3.12. The molecule has 0 radical (unpaired) electrons. The third-order valence-electron chi connectivity index (χ3n) is 4.66. The number of primary amides is 1. The van der Waals surface area contributed by atoms with E-state index in [9.17, 15) is 18.8 Å². The summed E-state index contributed by atoms with van der Waals surface area (Å²) in [5, 5.41) is 0. The molecule has 0 unspecified atom stereocenters. The molecule has 2 amide bonds. The van der Waals surface area contributed by atoms with Crippen LogP contribution in [-0.4, -0.2) is 48.7 Å². The summed E-state index contributed by atoms with van der Waals surface area (Å²) < 4.78 is 14.3. The smallest absolute Gasteiger partial charge is 0.253 e. The summed E-state index contributed by atoms with van der Waals surface area (Å²) in [6.45, 7) is 3.18. The standard InChI is InChI=1S/C20H20FN3O3/c1-13(25)14-5-6-18(17(21)12-14)23-7-9-24(10-8-23)20(27)16-4-2-3-15(11-16)19(22)26/h2-6,11-12H,7-10H2,1H3,(H2,22,26). The largest absolute Gasteiger partial charge is 0.366 e. The number of ketones is 1. The van der Waals surface area contributed by atoms with Crippen LogP contribution in [0.15, 0.2) is 42.5 Å².